The third-order valence-corrected chi connectivity index (χ3v) is 1.97. The molecule has 0 aliphatic heterocycles. The van der Waals surface area contributed by atoms with Crippen molar-refractivity contribution in [2.75, 3.05) is 11.9 Å². The Morgan fingerprint density at radius 3 is 2.81 bits per heavy atom. The zero-order valence-corrected chi connectivity index (χ0v) is 8.46. The molecule has 0 spiro atoms. The maximum atomic E-state index is 8.39. The average Bonchev–Trinajstić information content (AvgIpc) is 2.38. The summed E-state index contributed by atoms with van der Waals surface area (Å²) < 4.78 is 0. The lowest BCUT2D eigenvalue weighted by Crippen LogP contribution is -2.01. The van der Waals surface area contributed by atoms with Gasteiger partial charge in [-0.25, -0.2) is 0 Å². The number of aromatic nitrogens is 3. The predicted molar refractivity (Wildman–Crippen MR) is 59.4 cm³/mol. The van der Waals surface area contributed by atoms with E-state index >= 15 is 0 Å². The number of anilines is 1. The molecular weight excluding hydrogens is 202 g/mol. The first-order valence-corrected chi connectivity index (χ1v) is 4.75. The normalized spacial score (nSPS) is 9.44. The molecule has 0 aromatic carbocycles. The van der Waals surface area contributed by atoms with E-state index in [1.54, 1.807) is 18.5 Å². The van der Waals surface area contributed by atoms with Crippen molar-refractivity contribution in [1.82, 2.24) is 15.2 Å². The lowest BCUT2D eigenvalue weighted by molar-refractivity contribution is 1.03. The first kappa shape index (κ1) is 10.1. The van der Waals surface area contributed by atoms with Crippen LogP contribution in [0.5, 0.6) is 0 Å². The van der Waals surface area contributed by atoms with Gasteiger partial charge in [-0.3, -0.25) is 4.98 Å². The van der Waals surface area contributed by atoms with E-state index in [-0.39, 0.29) is 6.54 Å². The molecule has 0 fully saturated rings. The molecule has 2 aromatic heterocycles. The van der Waals surface area contributed by atoms with E-state index in [1.807, 2.05) is 24.3 Å². The Morgan fingerprint density at radius 2 is 2.19 bits per heavy atom. The number of nitrogens with zero attached hydrogens (tertiary/aromatic N) is 4. The molecular formula is C11H9N5. The summed E-state index contributed by atoms with van der Waals surface area (Å²) >= 11 is 0. The zero-order chi connectivity index (χ0) is 11.2. The van der Waals surface area contributed by atoms with Crippen LogP contribution in [0.3, 0.4) is 0 Å². The van der Waals surface area contributed by atoms with Crippen molar-refractivity contribution >= 4 is 5.82 Å². The molecule has 16 heavy (non-hydrogen) atoms. The largest absolute Gasteiger partial charge is 0.356 e. The molecule has 0 unspecified atom stereocenters. The van der Waals surface area contributed by atoms with Crippen LogP contribution in [0.1, 0.15) is 0 Å². The van der Waals surface area contributed by atoms with E-state index in [2.05, 4.69) is 20.5 Å². The molecule has 2 aromatic rings. The van der Waals surface area contributed by atoms with Crippen LogP contribution in [-0.2, 0) is 0 Å². The minimum atomic E-state index is 0.223. The first-order valence-electron chi connectivity index (χ1n) is 4.75. The number of nitrogens with one attached hydrogen (secondary N) is 1. The van der Waals surface area contributed by atoms with Crippen molar-refractivity contribution in [2.45, 2.75) is 0 Å². The van der Waals surface area contributed by atoms with Gasteiger partial charge in [-0.2, -0.15) is 5.26 Å². The maximum Gasteiger partial charge on any atom is 0.149 e. The summed E-state index contributed by atoms with van der Waals surface area (Å²) in [6.07, 6.45) is 3.44. The molecule has 0 aliphatic carbocycles. The predicted octanol–water partition coefficient (Wildman–Crippen LogP) is 1.47. The fourth-order valence-electron chi connectivity index (χ4n) is 1.22. The second-order valence-corrected chi connectivity index (χ2v) is 3.06. The molecule has 0 amide bonds. The summed E-state index contributed by atoms with van der Waals surface area (Å²) in [6, 6.07) is 9.36. The van der Waals surface area contributed by atoms with Crippen LogP contribution in [0.15, 0.2) is 36.7 Å². The SMILES string of the molecule is N#CCNc1ccc(-c2cccnc2)nn1. The summed E-state index contributed by atoms with van der Waals surface area (Å²) in [5, 5.41) is 19.2. The molecule has 1 N–H and O–H groups in total. The van der Waals surface area contributed by atoms with E-state index in [9.17, 15) is 0 Å². The van der Waals surface area contributed by atoms with Crippen molar-refractivity contribution in [1.29, 1.82) is 5.26 Å². The van der Waals surface area contributed by atoms with E-state index in [1.165, 1.54) is 0 Å². The van der Waals surface area contributed by atoms with E-state index in [0.717, 1.165) is 11.3 Å². The molecule has 2 rings (SSSR count). The second kappa shape index (κ2) is 4.84. The molecule has 0 bridgehead atoms. The fraction of sp³-hybridized carbons (Fsp3) is 0.0909. The Kier molecular flexibility index (Phi) is 3.04. The average molecular weight is 211 g/mol. The summed E-state index contributed by atoms with van der Waals surface area (Å²) in [6.45, 7) is 0.223. The highest BCUT2D eigenvalue weighted by atomic mass is 15.2. The second-order valence-electron chi connectivity index (χ2n) is 3.06. The number of hydrogen-bond acceptors (Lipinski definition) is 5. The molecule has 0 radical (unpaired) electrons. The lowest BCUT2D eigenvalue weighted by atomic mass is 10.2. The first-order chi connectivity index (χ1) is 7.90. The number of hydrogen-bond donors (Lipinski definition) is 1. The highest BCUT2D eigenvalue weighted by Gasteiger charge is 1.99. The summed E-state index contributed by atoms with van der Waals surface area (Å²) in [7, 11) is 0. The van der Waals surface area contributed by atoms with Crippen LogP contribution in [-0.4, -0.2) is 21.7 Å². The van der Waals surface area contributed by atoms with Crippen LogP contribution < -0.4 is 5.32 Å². The minimum Gasteiger partial charge on any atom is -0.356 e. The van der Waals surface area contributed by atoms with Gasteiger partial charge < -0.3 is 5.32 Å². The molecule has 5 heteroatoms. The lowest BCUT2D eigenvalue weighted by Gasteiger charge is -2.01. The minimum absolute atomic E-state index is 0.223. The van der Waals surface area contributed by atoms with E-state index in [4.69, 9.17) is 5.26 Å². The standard InChI is InChI=1S/C11H9N5/c12-5-7-14-11-4-3-10(15-16-11)9-2-1-6-13-8-9/h1-4,6,8H,7H2,(H,14,16). The van der Waals surface area contributed by atoms with Gasteiger partial charge in [0.25, 0.3) is 0 Å². The van der Waals surface area contributed by atoms with Gasteiger partial charge in [0.1, 0.15) is 12.4 Å². The van der Waals surface area contributed by atoms with Gasteiger partial charge in [0.15, 0.2) is 0 Å². The van der Waals surface area contributed by atoms with Gasteiger partial charge in [0.2, 0.25) is 0 Å². The van der Waals surface area contributed by atoms with Gasteiger partial charge in [0.05, 0.1) is 11.8 Å². The van der Waals surface area contributed by atoms with E-state index < -0.39 is 0 Å². The highest BCUT2D eigenvalue weighted by Crippen LogP contribution is 2.14. The zero-order valence-electron chi connectivity index (χ0n) is 8.46. The summed E-state index contributed by atoms with van der Waals surface area (Å²) in [5.41, 5.74) is 1.68. The molecule has 0 aliphatic rings. The third kappa shape index (κ3) is 2.30. The Morgan fingerprint density at radius 1 is 1.25 bits per heavy atom. The Labute approximate surface area is 92.8 Å². The van der Waals surface area contributed by atoms with Gasteiger partial charge in [-0.05, 0) is 24.3 Å². The van der Waals surface area contributed by atoms with Crippen molar-refractivity contribution in [3.05, 3.63) is 36.7 Å². The number of rotatable bonds is 3. The molecule has 78 valence electrons. The highest BCUT2D eigenvalue weighted by molar-refractivity contribution is 5.58. The van der Waals surface area contributed by atoms with Crippen molar-refractivity contribution < 1.29 is 0 Å². The van der Waals surface area contributed by atoms with Crippen LogP contribution in [0.2, 0.25) is 0 Å². The summed E-state index contributed by atoms with van der Waals surface area (Å²) in [4.78, 5) is 4.01. The van der Waals surface area contributed by atoms with Gasteiger partial charge in [-0.15, -0.1) is 10.2 Å². The van der Waals surface area contributed by atoms with Crippen LogP contribution in [0.4, 0.5) is 5.82 Å². The van der Waals surface area contributed by atoms with Gasteiger partial charge in [0, 0.05) is 18.0 Å². The van der Waals surface area contributed by atoms with E-state index in [0.29, 0.717) is 5.82 Å². The number of nitriles is 1. The molecule has 2 heterocycles. The monoisotopic (exact) mass is 211 g/mol. The molecule has 0 atom stereocenters. The fourth-order valence-corrected chi connectivity index (χ4v) is 1.22. The van der Waals surface area contributed by atoms with Gasteiger partial charge >= 0.3 is 0 Å². The van der Waals surface area contributed by atoms with Crippen LogP contribution in [0.25, 0.3) is 11.3 Å². The van der Waals surface area contributed by atoms with Crippen LogP contribution >= 0.6 is 0 Å². The smallest absolute Gasteiger partial charge is 0.149 e. The van der Waals surface area contributed by atoms with Crippen molar-refractivity contribution in [3.8, 4) is 17.3 Å². The molecule has 0 saturated carbocycles. The topological polar surface area (TPSA) is 74.5 Å². The molecule has 5 nitrogen and oxygen atoms in total. The molecule has 0 saturated heterocycles. The Bertz CT molecular complexity index is 486. The quantitative estimate of drug-likeness (QED) is 0.778. The van der Waals surface area contributed by atoms with Crippen LogP contribution in [0, 0.1) is 11.3 Å². The summed E-state index contributed by atoms with van der Waals surface area (Å²) in [5.74, 6) is 0.592. The Hall–Kier alpha value is -2.48. The number of pyridine rings is 1. The third-order valence-electron chi connectivity index (χ3n) is 1.97. The van der Waals surface area contributed by atoms with Crippen molar-refractivity contribution in [3.63, 3.8) is 0 Å². The maximum absolute atomic E-state index is 8.39. The Balaban J connectivity index is 2.17. The van der Waals surface area contributed by atoms with Crippen molar-refractivity contribution in [2.24, 2.45) is 0 Å². The van der Waals surface area contributed by atoms with Gasteiger partial charge in [-0.1, -0.05) is 0 Å².